The topological polar surface area (TPSA) is 153 Å². The average molecular weight is 368 g/mol. The standard InChI is InChI=1S/2C8H8O5/c1-11-7(9)5-3-4-6(13-5)8(10)12-2;1-3-4(2)6(8(11)12)13-5(3)7(9)10/h3-4H,1-2H3;1-2H3,(H,9,10)(H,11,12). The minimum Gasteiger partial charge on any atom is -0.475 e. The lowest BCUT2D eigenvalue weighted by atomic mass is 10.1. The molecule has 2 heterocycles. The summed E-state index contributed by atoms with van der Waals surface area (Å²) in [4.78, 5) is 42.8. The number of carbonyl (C=O) groups excluding carboxylic acids is 2. The minimum atomic E-state index is -1.26. The second kappa shape index (κ2) is 8.51. The first-order valence-corrected chi connectivity index (χ1v) is 6.97. The molecule has 0 saturated heterocycles. The van der Waals surface area contributed by atoms with Gasteiger partial charge in [0.1, 0.15) is 0 Å². The van der Waals surface area contributed by atoms with Crippen LogP contribution in [0.25, 0.3) is 0 Å². The zero-order valence-electron chi connectivity index (χ0n) is 14.3. The molecule has 0 aliphatic rings. The number of aromatic carboxylic acids is 2. The van der Waals surface area contributed by atoms with E-state index in [9.17, 15) is 19.2 Å². The molecule has 2 N–H and O–H groups in total. The Morgan fingerprint density at radius 1 is 0.769 bits per heavy atom. The van der Waals surface area contributed by atoms with Crippen molar-refractivity contribution in [2.45, 2.75) is 13.8 Å². The SMILES string of the molecule is COC(=O)c1ccc(C(=O)OC)o1.Cc1c(C(=O)O)oc(C(=O)O)c1C. The molecular weight excluding hydrogens is 352 g/mol. The summed E-state index contributed by atoms with van der Waals surface area (Å²) in [5.74, 6) is -4.44. The minimum absolute atomic E-state index is 0.0251. The zero-order valence-corrected chi connectivity index (χ0v) is 14.3. The lowest BCUT2D eigenvalue weighted by Crippen LogP contribution is -2.00. The number of furan rings is 2. The van der Waals surface area contributed by atoms with E-state index in [1.165, 1.54) is 40.2 Å². The molecule has 0 aliphatic carbocycles. The highest BCUT2D eigenvalue weighted by atomic mass is 16.5. The van der Waals surface area contributed by atoms with E-state index in [0.29, 0.717) is 11.1 Å². The number of hydrogen-bond acceptors (Lipinski definition) is 8. The van der Waals surface area contributed by atoms with Gasteiger partial charge in [0.2, 0.25) is 23.0 Å². The zero-order chi connectivity index (χ0) is 20.0. The molecule has 10 nitrogen and oxygen atoms in total. The van der Waals surface area contributed by atoms with Gasteiger partial charge in [-0.1, -0.05) is 0 Å². The maximum Gasteiger partial charge on any atom is 0.373 e. The van der Waals surface area contributed by atoms with E-state index < -0.39 is 23.9 Å². The van der Waals surface area contributed by atoms with Crippen LogP contribution < -0.4 is 0 Å². The molecule has 2 rings (SSSR count). The number of ether oxygens (including phenoxy) is 2. The highest BCUT2D eigenvalue weighted by Gasteiger charge is 2.22. The normalized spacial score (nSPS) is 9.69. The van der Waals surface area contributed by atoms with E-state index in [4.69, 9.17) is 14.6 Å². The van der Waals surface area contributed by atoms with Crippen LogP contribution in [-0.4, -0.2) is 48.3 Å². The highest BCUT2D eigenvalue weighted by Crippen LogP contribution is 2.21. The molecule has 0 aliphatic heterocycles. The van der Waals surface area contributed by atoms with Crippen molar-refractivity contribution in [1.29, 1.82) is 0 Å². The van der Waals surface area contributed by atoms with Gasteiger partial charge in [0.15, 0.2) is 0 Å². The van der Waals surface area contributed by atoms with Crippen molar-refractivity contribution in [1.82, 2.24) is 0 Å². The van der Waals surface area contributed by atoms with E-state index in [1.54, 1.807) is 0 Å². The lowest BCUT2D eigenvalue weighted by Gasteiger charge is -1.93. The Hall–Kier alpha value is -3.56. The molecule has 0 aromatic carbocycles. The van der Waals surface area contributed by atoms with Crippen LogP contribution in [0.3, 0.4) is 0 Å². The molecule has 26 heavy (non-hydrogen) atoms. The van der Waals surface area contributed by atoms with Crippen molar-refractivity contribution < 1.29 is 47.7 Å². The molecule has 0 fully saturated rings. The van der Waals surface area contributed by atoms with Gasteiger partial charge in [0.05, 0.1) is 14.2 Å². The first-order chi connectivity index (χ1) is 12.1. The fourth-order valence-electron chi connectivity index (χ4n) is 1.76. The Kier molecular flexibility index (Phi) is 6.71. The van der Waals surface area contributed by atoms with Gasteiger partial charge in [-0.2, -0.15) is 0 Å². The number of esters is 2. The second-order valence-electron chi connectivity index (χ2n) is 4.77. The van der Waals surface area contributed by atoms with E-state index in [0.717, 1.165) is 0 Å². The largest absolute Gasteiger partial charge is 0.475 e. The Bertz CT molecular complexity index is 774. The Morgan fingerprint density at radius 2 is 1.12 bits per heavy atom. The molecule has 2 aromatic heterocycles. The molecule has 0 unspecified atom stereocenters. The molecule has 0 radical (unpaired) electrons. The number of carboxylic acid groups (broad SMARTS) is 2. The Morgan fingerprint density at radius 3 is 1.35 bits per heavy atom. The van der Waals surface area contributed by atoms with Crippen LogP contribution in [0, 0.1) is 13.8 Å². The predicted octanol–water partition coefficient (Wildman–Crippen LogP) is 2.15. The smallest absolute Gasteiger partial charge is 0.373 e. The van der Waals surface area contributed by atoms with E-state index in [2.05, 4.69) is 13.9 Å². The molecule has 140 valence electrons. The van der Waals surface area contributed by atoms with E-state index in [-0.39, 0.29) is 23.0 Å². The van der Waals surface area contributed by atoms with Gasteiger partial charge in [0.25, 0.3) is 0 Å². The summed E-state index contributed by atoms with van der Waals surface area (Å²) in [5.41, 5.74) is 0.704. The van der Waals surface area contributed by atoms with Gasteiger partial charge in [-0.3, -0.25) is 0 Å². The van der Waals surface area contributed by atoms with Crippen LogP contribution in [0.5, 0.6) is 0 Å². The van der Waals surface area contributed by atoms with E-state index >= 15 is 0 Å². The number of carboxylic acids is 2. The summed E-state index contributed by atoms with van der Waals surface area (Å²) < 4.78 is 18.3. The maximum atomic E-state index is 10.9. The first kappa shape index (κ1) is 20.5. The van der Waals surface area contributed by atoms with Crippen molar-refractivity contribution in [3.63, 3.8) is 0 Å². The third-order valence-corrected chi connectivity index (χ3v) is 3.22. The molecule has 2 aromatic rings. The van der Waals surface area contributed by atoms with Crippen LogP contribution in [0.15, 0.2) is 21.0 Å². The maximum absolute atomic E-state index is 10.9. The molecular formula is C16H16O10. The molecule has 0 atom stereocenters. The fraction of sp³-hybridized carbons (Fsp3) is 0.250. The molecule has 0 bridgehead atoms. The summed E-state index contributed by atoms with van der Waals surface area (Å²) >= 11 is 0. The molecule has 0 saturated carbocycles. The quantitative estimate of drug-likeness (QED) is 0.767. The van der Waals surface area contributed by atoms with Crippen LogP contribution in [0.4, 0.5) is 0 Å². The van der Waals surface area contributed by atoms with E-state index in [1.807, 2.05) is 0 Å². The van der Waals surface area contributed by atoms with Crippen molar-refractivity contribution in [3.05, 3.63) is 46.3 Å². The van der Waals surface area contributed by atoms with Gasteiger partial charge < -0.3 is 28.5 Å². The average Bonchev–Trinajstić information content (AvgIpc) is 3.20. The number of methoxy groups -OCH3 is 2. The van der Waals surface area contributed by atoms with Crippen molar-refractivity contribution in [2.75, 3.05) is 14.2 Å². The monoisotopic (exact) mass is 368 g/mol. The van der Waals surface area contributed by atoms with Crippen LogP contribution >= 0.6 is 0 Å². The van der Waals surface area contributed by atoms with Gasteiger partial charge in [-0.15, -0.1) is 0 Å². The lowest BCUT2D eigenvalue weighted by molar-refractivity contribution is 0.0528. The second-order valence-corrected chi connectivity index (χ2v) is 4.77. The first-order valence-electron chi connectivity index (χ1n) is 6.97. The molecule has 0 spiro atoms. The van der Waals surface area contributed by atoms with Gasteiger partial charge in [-0.05, 0) is 26.0 Å². The van der Waals surface area contributed by atoms with Crippen molar-refractivity contribution >= 4 is 23.9 Å². The van der Waals surface area contributed by atoms with Gasteiger partial charge in [0, 0.05) is 11.1 Å². The summed E-state index contributed by atoms with van der Waals surface area (Å²) in [7, 11) is 2.45. The number of rotatable bonds is 4. The molecule has 0 amide bonds. The van der Waals surface area contributed by atoms with Gasteiger partial charge in [-0.25, -0.2) is 19.2 Å². The summed E-state index contributed by atoms with van der Waals surface area (Å²) in [6.45, 7) is 3.02. The summed E-state index contributed by atoms with van der Waals surface area (Å²) in [6, 6.07) is 2.69. The number of carbonyl (C=O) groups is 4. The highest BCUT2D eigenvalue weighted by molar-refractivity contribution is 5.92. The van der Waals surface area contributed by atoms with Crippen molar-refractivity contribution in [3.8, 4) is 0 Å². The fourth-order valence-corrected chi connectivity index (χ4v) is 1.76. The summed E-state index contributed by atoms with van der Waals surface area (Å²) in [5, 5.41) is 17.2. The Balaban J connectivity index is 0.000000260. The predicted molar refractivity (Wildman–Crippen MR) is 83.5 cm³/mol. The summed E-state index contributed by atoms with van der Waals surface area (Å²) in [6.07, 6.45) is 0. The number of hydrogen-bond donors (Lipinski definition) is 2. The molecule has 10 heteroatoms. The van der Waals surface area contributed by atoms with Crippen LogP contribution in [0.1, 0.15) is 53.3 Å². The van der Waals surface area contributed by atoms with Crippen LogP contribution in [0.2, 0.25) is 0 Å². The third kappa shape index (κ3) is 4.50. The van der Waals surface area contributed by atoms with Crippen LogP contribution in [-0.2, 0) is 9.47 Å². The van der Waals surface area contributed by atoms with Gasteiger partial charge >= 0.3 is 23.9 Å². The Labute approximate surface area is 146 Å². The third-order valence-electron chi connectivity index (χ3n) is 3.22. The van der Waals surface area contributed by atoms with Crippen molar-refractivity contribution in [2.24, 2.45) is 0 Å².